The fourth-order valence-corrected chi connectivity index (χ4v) is 1.89. The molecule has 16 heavy (non-hydrogen) atoms. The third kappa shape index (κ3) is 3.44. The van der Waals surface area contributed by atoms with Gasteiger partial charge in [-0.2, -0.15) is 0 Å². The number of carbonyl (C=O) groups is 1. The van der Waals surface area contributed by atoms with E-state index in [-0.39, 0.29) is 6.09 Å². The highest BCUT2D eigenvalue weighted by atomic mass is 16.6. The summed E-state index contributed by atoms with van der Waals surface area (Å²) in [5.41, 5.74) is -0.427. The Morgan fingerprint density at radius 2 is 2.12 bits per heavy atom. The monoisotopic (exact) mass is 223 g/mol. The lowest BCUT2D eigenvalue weighted by Crippen LogP contribution is -2.44. The van der Waals surface area contributed by atoms with Crippen molar-refractivity contribution in [3.8, 4) is 12.3 Å². The zero-order valence-corrected chi connectivity index (χ0v) is 10.6. The lowest BCUT2D eigenvalue weighted by molar-refractivity contribution is 0.0146. The van der Waals surface area contributed by atoms with Crippen molar-refractivity contribution in [2.75, 3.05) is 13.1 Å². The number of nitrogens with zero attached hydrogens (tertiary/aromatic N) is 1. The van der Waals surface area contributed by atoms with Gasteiger partial charge in [0.15, 0.2) is 0 Å². The lowest BCUT2D eigenvalue weighted by atomic mass is 9.88. The van der Waals surface area contributed by atoms with Gasteiger partial charge in [-0.1, -0.05) is 6.92 Å². The molecule has 0 radical (unpaired) electrons. The third-order valence-electron chi connectivity index (χ3n) is 2.77. The fourth-order valence-electron chi connectivity index (χ4n) is 1.89. The van der Waals surface area contributed by atoms with Gasteiger partial charge in [0, 0.05) is 19.0 Å². The molecule has 1 amide bonds. The average Bonchev–Trinajstić information content (AvgIpc) is 2.15. The Labute approximate surface area is 98.1 Å². The molecule has 1 fully saturated rings. The standard InChI is InChI=1S/C13H21NO2/c1-6-11-7-8-14(9-10(11)2)12(15)16-13(3,4)5/h1,10-11H,7-9H2,2-5H3. The van der Waals surface area contributed by atoms with Gasteiger partial charge in [0.2, 0.25) is 0 Å². The minimum atomic E-state index is -0.427. The summed E-state index contributed by atoms with van der Waals surface area (Å²) in [5.74, 6) is 3.43. The second kappa shape index (κ2) is 4.78. The summed E-state index contributed by atoms with van der Waals surface area (Å²) < 4.78 is 5.33. The van der Waals surface area contributed by atoms with Crippen LogP contribution < -0.4 is 0 Å². The molecule has 1 heterocycles. The Bertz CT molecular complexity index is 298. The van der Waals surface area contributed by atoms with Gasteiger partial charge in [0.1, 0.15) is 5.60 Å². The Morgan fingerprint density at radius 3 is 2.56 bits per heavy atom. The molecule has 3 heteroatoms. The topological polar surface area (TPSA) is 29.5 Å². The number of terminal acetylenes is 1. The maximum atomic E-state index is 11.8. The van der Waals surface area contributed by atoms with Crippen molar-refractivity contribution in [2.45, 2.75) is 39.7 Å². The van der Waals surface area contributed by atoms with Crippen LogP contribution in [0.4, 0.5) is 4.79 Å². The number of amides is 1. The summed E-state index contributed by atoms with van der Waals surface area (Å²) in [6.45, 7) is 9.12. The second-order valence-corrected chi connectivity index (χ2v) is 5.47. The number of ether oxygens (including phenoxy) is 1. The quantitative estimate of drug-likeness (QED) is 0.590. The van der Waals surface area contributed by atoms with Crippen LogP contribution in [-0.2, 0) is 4.74 Å². The Morgan fingerprint density at radius 1 is 1.50 bits per heavy atom. The molecular formula is C13H21NO2. The molecule has 0 aromatic heterocycles. The fraction of sp³-hybridized carbons (Fsp3) is 0.769. The van der Waals surface area contributed by atoms with E-state index >= 15 is 0 Å². The van der Waals surface area contributed by atoms with E-state index in [1.54, 1.807) is 4.90 Å². The van der Waals surface area contributed by atoms with Crippen molar-refractivity contribution < 1.29 is 9.53 Å². The average molecular weight is 223 g/mol. The van der Waals surface area contributed by atoms with Crippen LogP contribution in [0.1, 0.15) is 34.1 Å². The van der Waals surface area contributed by atoms with E-state index in [0.717, 1.165) is 6.42 Å². The van der Waals surface area contributed by atoms with Crippen LogP contribution in [-0.4, -0.2) is 29.7 Å². The van der Waals surface area contributed by atoms with Gasteiger partial charge in [-0.15, -0.1) is 12.3 Å². The van der Waals surface area contributed by atoms with E-state index in [1.807, 2.05) is 20.8 Å². The van der Waals surface area contributed by atoms with Gasteiger partial charge < -0.3 is 9.64 Å². The molecule has 0 spiro atoms. The van der Waals surface area contributed by atoms with E-state index < -0.39 is 5.60 Å². The Kier molecular flexibility index (Phi) is 3.85. The summed E-state index contributed by atoms with van der Waals surface area (Å²) in [5, 5.41) is 0. The van der Waals surface area contributed by atoms with Gasteiger partial charge >= 0.3 is 6.09 Å². The van der Waals surface area contributed by atoms with Crippen LogP contribution >= 0.6 is 0 Å². The molecule has 90 valence electrons. The molecule has 0 aliphatic carbocycles. The summed E-state index contributed by atoms with van der Waals surface area (Å²) in [4.78, 5) is 13.6. The zero-order valence-electron chi connectivity index (χ0n) is 10.6. The van der Waals surface area contributed by atoms with Crippen LogP contribution in [0.25, 0.3) is 0 Å². The van der Waals surface area contributed by atoms with E-state index in [9.17, 15) is 4.79 Å². The first-order valence-corrected chi connectivity index (χ1v) is 5.77. The van der Waals surface area contributed by atoms with Crippen molar-refractivity contribution in [2.24, 2.45) is 11.8 Å². The first kappa shape index (κ1) is 12.9. The molecule has 2 unspecified atom stereocenters. The Balaban J connectivity index is 2.52. The van der Waals surface area contributed by atoms with Crippen molar-refractivity contribution in [1.82, 2.24) is 4.90 Å². The lowest BCUT2D eigenvalue weighted by Gasteiger charge is -2.35. The van der Waals surface area contributed by atoms with Crippen molar-refractivity contribution in [3.63, 3.8) is 0 Å². The van der Waals surface area contributed by atoms with Crippen LogP contribution in [0.3, 0.4) is 0 Å². The molecule has 0 N–H and O–H groups in total. The highest BCUT2D eigenvalue weighted by Gasteiger charge is 2.30. The third-order valence-corrected chi connectivity index (χ3v) is 2.77. The minimum absolute atomic E-state index is 0.227. The first-order chi connectivity index (χ1) is 7.33. The predicted molar refractivity (Wildman–Crippen MR) is 63.9 cm³/mol. The van der Waals surface area contributed by atoms with Crippen molar-refractivity contribution >= 4 is 6.09 Å². The van der Waals surface area contributed by atoms with E-state index in [4.69, 9.17) is 11.2 Å². The molecule has 1 aliphatic heterocycles. The molecule has 3 nitrogen and oxygen atoms in total. The zero-order chi connectivity index (χ0) is 12.3. The number of likely N-dealkylation sites (tertiary alicyclic amines) is 1. The predicted octanol–water partition coefficient (Wildman–Crippen LogP) is 2.51. The van der Waals surface area contributed by atoms with Crippen LogP contribution in [0.15, 0.2) is 0 Å². The molecule has 2 atom stereocenters. The molecule has 0 saturated carbocycles. The number of hydrogen-bond donors (Lipinski definition) is 0. The van der Waals surface area contributed by atoms with Gasteiger partial charge in [-0.05, 0) is 33.1 Å². The molecule has 0 aromatic rings. The molecule has 0 bridgehead atoms. The first-order valence-electron chi connectivity index (χ1n) is 5.77. The van der Waals surface area contributed by atoms with Crippen molar-refractivity contribution in [3.05, 3.63) is 0 Å². The molecule has 1 rings (SSSR count). The van der Waals surface area contributed by atoms with Crippen molar-refractivity contribution in [1.29, 1.82) is 0 Å². The molecule has 1 saturated heterocycles. The summed E-state index contributed by atoms with van der Waals surface area (Å²) in [6.07, 6.45) is 6.08. The van der Waals surface area contributed by atoms with E-state index in [0.29, 0.717) is 24.9 Å². The molecular weight excluding hydrogens is 202 g/mol. The normalized spacial score (nSPS) is 26.1. The SMILES string of the molecule is C#CC1CCN(C(=O)OC(C)(C)C)CC1C. The summed E-state index contributed by atoms with van der Waals surface area (Å²) in [6, 6.07) is 0. The van der Waals surface area contributed by atoms with Gasteiger partial charge in [0.25, 0.3) is 0 Å². The molecule has 1 aliphatic rings. The smallest absolute Gasteiger partial charge is 0.410 e. The Hall–Kier alpha value is -1.17. The maximum absolute atomic E-state index is 11.8. The number of hydrogen-bond acceptors (Lipinski definition) is 2. The minimum Gasteiger partial charge on any atom is -0.444 e. The van der Waals surface area contributed by atoms with E-state index in [1.165, 1.54) is 0 Å². The number of carbonyl (C=O) groups excluding carboxylic acids is 1. The van der Waals surface area contributed by atoms with Gasteiger partial charge in [0.05, 0.1) is 0 Å². The van der Waals surface area contributed by atoms with E-state index in [2.05, 4.69) is 12.8 Å². The van der Waals surface area contributed by atoms with Gasteiger partial charge in [-0.3, -0.25) is 0 Å². The highest BCUT2D eigenvalue weighted by Crippen LogP contribution is 2.23. The largest absolute Gasteiger partial charge is 0.444 e. The van der Waals surface area contributed by atoms with Crippen LogP contribution in [0.2, 0.25) is 0 Å². The molecule has 0 aromatic carbocycles. The highest BCUT2D eigenvalue weighted by molar-refractivity contribution is 5.68. The maximum Gasteiger partial charge on any atom is 0.410 e. The van der Waals surface area contributed by atoms with Crippen LogP contribution in [0, 0.1) is 24.2 Å². The summed E-state index contributed by atoms with van der Waals surface area (Å²) in [7, 11) is 0. The van der Waals surface area contributed by atoms with Gasteiger partial charge in [-0.25, -0.2) is 4.79 Å². The number of piperidine rings is 1. The second-order valence-electron chi connectivity index (χ2n) is 5.47. The number of rotatable bonds is 0. The summed E-state index contributed by atoms with van der Waals surface area (Å²) >= 11 is 0. The van der Waals surface area contributed by atoms with Crippen LogP contribution in [0.5, 0.6) is 0 Å².